The summed E-state index contributed by atoms with van der Waals surface area (Å²) >= 11 is 0. The van der Waals surface area contributed by atoms with E-state index in [4.69, 9.17) is 4.98 Å². The van der Waals surface area contributed by atoms with Crippen LogP contribution >= 0.6 is 0 Å². The second-order valence-electron chi connectivity index (χ2n) is 13.4. The normalized spacial score (nSPS) is 11.5. The molecule has 52 heavy (non-hydrogen) atoms. The summed E-state index contributed by atoms with van der Waals surface area (Å²) in [4.78, 5) is 5.25. The summed E-state index contributed by atoms with van der Waals surface area (Å²) in [5.74, 6) is 0. The molecule has 1 aromatic heterocycles. The smallest absolute Gasteiger partial charge is 0.0722 e. The molecule has 10 aromatic rings. The van der Waals surface area contributed by atoms with Crippen LogP contribution in [-0.4, -0.2) is 4.98 Å². The highest BCUT2D eigenvalue weighted by atomic mass is 14.7. The van der Waals surface area contributed by atoms with Gasteiger partial charge in [0.1, 0.15) is 0 Å². The van der Waals surface area contributed by atoms with Gasteiger partial charge in [-0.05, 0) is 89.0 Å². The van der Waals surface area contributed by atoms with Crippen LogP contribution in [0.25, 0.3) is 99.0 Å². The molecule has 0 saturated carbocycles. The Morgan fingerprint density at radius 1 is 0.269 bits per heavy atom. The summed E-state index contributed by atoms with van der Waals surface area (Å²) in [6.45, 7) is 0. The van der Waals surface area contributed by atoms with Crippen molar-refractivity contribution in [2.24, 2.45) is 0 Å². The van der Waals surface area contributed by atoms with Crippen LogP contribution in [0.3, 0.4) is 0 Å². The Balaban J connectivity index is 1.24. The first-order chi connectivity index (χ1) is 25.8. The van der Waals surface area contributed by atoms with Gasteiger partial charge < -0.3 is 0 Å². The molecule has 0 aliphatic rings. The molecule has 10 rings (SSSR count). The van der Waals surface area contributed by atoms with Crippen molar-refractivity contribution in [2.75, 3.05) is 0 Å². The maximum absolute atomic E-state index is 5.25. The van der Waals surface area contributed by atoms with Gasteiger partial charge in [0, 0.05) is 10.9 Å². The average Bonchev–Trinajstić information content (AvgIpc) is 3.23. The number of hydrogen-bond acceptors (Lipinski definition) is 1. The van der Waals surface area contributed by atoms with E-state index in [0.717, 1.165) is 16.8 Å². The van der Waals surface area contributed by atoms with E-state index in [2.05, 4.69) is 200 Å². The standard InChI is InChI=1S/C51H33N/c1-4-15-34(16-5-1)35-27-29-38(30-28-35)49-42-21-10-12-23-44(42)50(45-24-13-11-22-43(45)49)40-25-14-26-41-39(40)31-32-47-51(41)46(36-17-6-2-7-18-36)33-48(52-47)37-19-8-3-9-20-37/h1-33H. The second kappa shape index (κ2) is 12.5. The molecule has 0 aliphatic heterocycles. The minimum Gasteiger partial charge on any atom is -0.248 e. The predicted molar refractivity (Wildman–Crippen MR) is 221 cm³/mol. The van der Waals surface area contributed by atoms with Crippen LogP contribution < -0.4 is 0 Å². The van der Waals surface area contributed by atoms with E-state index in [9.17, 15) is 0 Å². The Labute approximate surface area is 303 Å². The summed E-state index contributed by atoms with van der Waals surface area (Å²) in [6, 6.07) is 72.3. The molecular formula is C51H33N. The van der Waals surface area contributed by atoms with Gasteiger partial charge in [-0.3, -0.25) is 0 Å². The number of hydrogen-bond donors (Lipinski definition) is 0. The molecule has 0 radical (unpaired) electrons. The minimum atomic E-state index is 0.979. The Bertz CT molecular complexity index is 2850. The summed E-state index contributed by atoms with van der Waals surface area (Å²) in [6.07, 6.45) is 0. The van der Waals surface area contributed by atoms with Crippen molar-refractivity contribution in [3.63, 3.8) is 0 Å². The van der Waals surface area contributed by atoms with Crippen molar-refractivity contribution < 1.29 is 0 Å². The van der Waals surface area contributed by atoms with Crippen LogP contribution in [-0.2, 0) is 0 Å². The maximum Gasteiger partial charge on any atom is 0.0722 e. The van der Waals surface area contributed by atoms with E-state index >= 15 is 0 Å². The SMILES string of the molecule is c1ccc(-c2ccc(-c3c4ccccc4c(-c4cccc5c4ccc4nc(-c6ccccc6)cc(-c6ccccc6)c45)c4ccccc34)cc2)cc1. The third-order valence-electron chi connectivity index (χ3n) is 10.5. The van der Waals surface area contributed by atoms with Gasteiger partial charge in [0.25, 0.3) is 0 Å². The monoisotopic (exact) mass is 659 g/mol. The van der Waals surface area contributed by atoms with Crippen molar-refractivity contribution in [1.82, 2.24) is 4.98 Å². The number of rotatable bonds is 5. The first kappa shape index (κ1) is 30.0. The predicted octanol–water partition coefficient (Wildman–Crippen LogP) is 14.0. The summed E-state index contributed by atoms with van der Waals surface area (Å²) in [5, 5.41) is 8.59. The van der Waals surface area contributed by atoms with Crippen molar-refractivity contribution in [3.05, 3.63) is 200 Å². The molecular weight excluding hydrogens is 627 g/mol. The molecule has 1 nitrogen and oxygen atoms in total. The van der Waals surface area contributed by atoms with Crippen molar-refractivity contribution in [2.45, 2.75) is 0 Å². The zero-order valence-corrected chi connectivity index (χ0v) is 28.5. The van der Waals surface area contributed by atoms with Crippen LogP contribution in [0.2, 0.25) is 0 Å². The topological polar surface area (TPSA) is 12.9 Å². The first-order valence-corrected chi connectivity index (χ1v) is 17.9. The lowest BCUT2D eigenvalue weighted by atomic mass is 9.84. The Morgan fingerprint density at radius 3 is 1.37 bits per heavy atom. The molecule has 242 valence electrons. The molecule has 0 fully saturated rings. The fourth-order valence-corrected chi connectivity index (χ4v) is 8.10. The molecule has 0 spiro atoms. The van der Waals surface area contributed by atoms with Crippen LogP contribution in [0.4, 0.5) is 0 Å². The quantitative estimate of drug-likeness (QED) is 0.132. The van der Waals surface area contributed by atoms with E-state index in [-0.39, 0.29) is 0 Å². The van der Waals surface area contributed by atoms with E-state index in [1.54, 1.807) is 0 Å². The average molecular weight is 660 g/mol. The Morgan fingerprint density at radius 2 is 0.750 bits per heavy atom. The zero-order valence-electron chi connectivity index (χ0n) is 28.5. The second-order valence-corrected chi connectivity index (χ2v) is 13.4. The lowest BCUT2D eigenvalue weighted by Crippen LogP contribution is -1.94. The van der Waals surface area contributed by atoms with Crippen LogP contribution in [0, 0.1) is 0 Å². The Kier molecular flexibility index (Phi) is 7.22. The van der Waals surface area contributed by atoms with Crippen molar-refractivity contribution in [3.8, 4) is 55.8 Å². The summed E-state index contributed by atoms with van der Waals surface area (Å²) in [7, 11) is 0. The van der Waals surface area contributed by atoms with Gasteiger partial charge in [-0.15, -0.1) is 0 Å². The van der Waals surface area contributed by atoms with E-state index < -0.39 is 0 Å². The zero-order chi connectivity index (χ0) is 34.4. The summed E-state index contributed by atoms with van der Waals surface area (Å²) in [5.41, 5.74) is 12.9. The molecule has 0 bridgehead atoms. The number of benzene rings is 9. The highest BCUT2D eigenvalue weighted by molar-refractivity contribution is 6.25. The molecule has 9 aromatic carbocycles. The fourth-order valence-electron chi connectivity index (χ4n) is 8.10. The van der Waals surface area contributed by atoms with E-state index in [0.29, 0.717) is 0 Å². The molecule has 0 amide bonds. The highest BCUT2D eigenvalue weighted by Crippen LogP contribution is 2.47. The molecule has 1 heterocycles. The van der Waals surface area contributed by atoms with Gasteiger partial charge in [-0.2, -0.15) is 0 Å². The lowest BCUT2D eigenvalue weighted by Gasteiger charge is -2.20. The molecule has 0 unspecified atom stereocenters. The number of fused-ring (bicyclic) bond motifs is 5. The van der Waals surface area contributed by atoms with Gasteiger partial charge >= 0.3 is 0 Å². The highest BCUT2D eigenvalue weighted by Gasteiger charge is 2.20. The van der Waals surface area contributed by atoms with Gasteiger partial charge in [0.05, 0.1) is 11.2 Å². The van der Waals surface area contributed by atoms with Crippen LogP contribution in [0.5, 0.6) is 0 Å². The first-order valence-electron chi connectivity index (χ1n) is 17.9. The van der Waals surface area contributed by atoms with Crippen LogP contribution in [0.15, 0.2) is 200 Å². The molecule has 0 atom stereocenters. The van der Waals surface area contributed by atoms with Gasteiger partial charge in [0.2, 0.25) is 0 Å². The maximum atomic E-state index is 5.25. The number of aromatic nitrogens is 1. The van der Waals surface area contributed by atoms with Crippen molar-refractivity contribution in [1.29, 1.82) is 0 Å². The summed E-state index contributed by atoms with van der Waals surface area (Å²) < 4.78 is 0. The molecule has 0 aliphatic carbocycles. The number of pyridine rings is 1. The van der Waals surface area contributed by atoms with E-state index in [1.165, 1.54) is 82.2 Å². The lowest BCUT2D eigenvalue weighted by molar-refractivity contribution is 1.40. The number of nitrogens with zero attached hydrogens (tertiary/aromatic N) is 1. The van der Waals surface area contributed by atoms with E-state index in [1.807, 2.05) is 0 Å². The third kappa shape index (κ3) is 4.98. The fraction of sp³-hybridized carbons (Fsp3) is 0. The Hall–Kier alpha value is -6.83. The molecule has 1 heteroatoms. The molecule has 0 saturated heterocycles. The third-order valence-corrected chi connectivity index (χ3v) is 10.5. The van der Waals surface area contributed by atoms with Gasteiger partial charge in [-0.1, -0.05) is 188 Å². The largest absolute Gasteiger partial charge is 0.248 e. The van der Waals surface area contributed by atoms with Gasteiger partial charge in [-0.25, -0.2) is 4.98 Å². The van der Waals surface area contributed by atoms with Gasteiger partial charge in [0.15, 0.2) is 0 Å². The molecule has 0 N–H and O–H groups in total. The van der Waals surface area contributed by atoms with Crippen LogP contribution in [0.1, 0.15) is 0 Å². The van der Waals surface area contributed by atoms with Crippen molar-refractivity contribution >= 4 is 43.2 Å². The minimum absolute atomic E-state index is 0.979.